The van der Waals surface area contributed by atoms with E-state index in [-0.39, 0.29) is 5.69 Å². The molecule has 3 rings (SSSR count). The first-order chi connectivity index (χ1) is 10.7. The summed E-state index contributed by atoms with van der Waals surface area (Å²) >= 11 is 0. The summed E-state index contributed by atoms with van der Waals surface area (Å²) in [6.45, 7) is 4.05. The van der Waals surface area contributed by atoms with Crippen LogP contribution in [0.4, 0.5) is 10.1 Å². The van der Waals surface area contributed by atoms with Crippen molar-refractivity contribution >= 4 is 5.69 Å². The minimum absolute atomic E-state index is 0.107. The first kappa shape index (κ1) is 14.7. The third-order valence-corrected chi connectivity index (χ3v) is 3.48. The number of anilines is 1. The molecule has 1 aromatic carbocycles. The van der Waals surface area contributed by atoms with Gasteiger partial charge in [0.25, 0.3) is 0 Å². The Labute approximate surface area is 128 Å². The summed E-state index contributed by atoms with van der Waals surface area (Å²) in [5, 5.41) is 0. The van der Waals surface area contributed by atoms with Crippen LogP contribution in [-0.2, 0) is 11.3 Å². The summed E-state index contributed by atoms with van der Waals surface area (Å²) in [4.78, 5) is 6.63. The molecule has 6 heteroatoms. The van der Waals surface area contributed by atoms with Crippen molar-refractivity contribution in [2.24, 2.45) is 0 Å². The van der Waals surface area contributed by atoms with Crippen LogP contribution in [0.25, 0.3) is 0 Å². The highest BCUT2D eigenvalue weighted by molar-refractivity contribution is 5.44. The van der Waals surface area contributed by atoms with Crippen LogP contribution in [0, 0.1) is 5.82 Å². The van der Waals surface area contributed by atoms with E-state index in [0.29, 0.717) is 11.5 Å². The molecule has 0 bridgehead atoms. The van der Waals surface area contributed by atoms with E-state index in [4.69, 9.17) is 15.2 Å². The van der Waals surface area contributed by atoms with E-state index in [0.717, 1.165) is 38.5 Å². The van der Waals surface area contributed by atoms with E-state index < -0.39 is 5.82 Å². The third kappa shape index (κ3) is 3.72. The number of nitrogen functional groups attached to an aromatic ring is 1. The van der Waals surface area contributed by atoms with Gasteiger partial charge in [0.05, 0.1) is 24.6 Å². The maximum Gasteiger partial charge on any atom is 0.149 e. The van der Waals surface area contributed by atoms with Gasteiger partial charge in [-0.3, -0.25) is 9.88 Å². The van der Waals surface area contributed by atoms with Crippen molar-refractivity contribution in [1.29, 1.82) is 0 Å². The maximum atomic E-state index is 13.4. The van der Waals surface area contributed by atoms with Crippen LogP contribution in [0.1, 0.15) is 5.69 Å². The van der Waals surface area contributed by atoms with Gasteiger partial charge in [-0.15, -0.1) is 0 Å². The fraction of sp³-hybridized carbons (Fsp3) is 0.312. The highest BCUT2D eigenvalue weighted by atomic mass is 19.1. The fourth-order valence-corrected chi connectivity index (χ4v) is 2.30. The predicted octanol–water partition coefficient (Wildman–Crippen LogP) is 2.43. The first-order valence-corrected chi connectivity index (χ1v) is 7.18. The van der Waals surface area contributed by atoms with E-state index in [1.165, 1.54) is 12.1 Å². The summed E-state index contributed by atoms with van der Waals surface area (Å²) < 4.78 is 24.4. The van der Waals surface area contributed by atoms with E-state index in [2.05, 4.69) is 9.88 Å². The number of nitrogens with zero attached hydrogens (tertiary/aromatic N) is 2. The molecule has 116 valence electrons. The molecule has 2 aromatic rings. The van der Waals surface area contributed by atoms with Gasteiger partial charge in [-0.1, -0.05) is 0 Å². The van der Waals surface area contributed by atoms with Gasteiger partial charge in [-0.2, -0.15) is 0 Å². The number of nitrogens with two attached hydrogens (primary N) is 1. The Morgan fingerprint density at radius 3 is 2.73 bits per heavy atom. The molecule has 1 aliphatic rings. The zero-order chi connectivity index (χ0) is 15.4. The van der Waals surface area contributed by atoms with Gasteiger partial charge < -0.3 is 15.2 Å². The summed E-state index contributed by atoms with van der Waals surface area (Å²) in [6.07, 6.45) is 1.69. The Balaban J connectivity index is 1.68. The standard InChI is InChI=1S/C16H18FN3O2/c17-15-10-13(1-2-16(15)18)22-14-3-4-19-12(9-14)11-20-5-7-21-8-6-20/h1-4,9-10H,5-8,11,18H2. The van der Waals surface area contributed by atoms with Crippen LogP contribution < -0.4 is 10.5 Å². The van der Waals surface area contributed by atoms with Crippen molar-refractivity contribution in [3.05, 3.63) is 48.0 Å². The molecule has 22 heavy (non-hydrogen) atoms. The number of hydrogen-bond donors (Lipinski definition) is 1. The second-order valence-electron chi connectivity index (χ2n) is 5.16. The van der Waals surface area contributed by atoms with Crippen molar-refractivity contribution in [2.75, 3.05) is 32.0 Å². The highest BCUT2D eigenvalue weighted by Crippen LogP contribution is 2.24. The van der Waals surface area contributed by atoms with Gasteiger partial charge in [0.2, 0.25) is 0 Å². The molecule has 0 radical (unpaired) electrons. The number of ether oxygens (including phenoxy) is 2. The van der Waals surface area contributed by atoms with Crippen LogP contribution in [0.5, 0.6) is 11.5 Å². The second kappa shape index (κ2) is 6.72. The summed E-state index contributed by atoms with van der Waals surface area (Å²) in [7, 11) is 0. The molecule has 1 aliphatic heterocycles. The molecule has 1 fully saturated rings. The first-order valence-electron chi connectivity index (χ1n) is 7.18. The molecule has 0 amide bonds. The smallest absolute Gasteiger partial charge is 0.149 e. The van der Waals surface area contributed by atoms with Crippen LogP contribution >= 0.6 is 0 Å². The van der Waals surface area contributed by atoms with E-state index in [1.807, 2.05) is 6.07 Å². The Bertz CT molecular complexity index is 645. The lowest BCUT2D eigenvalue weighted by Crippen LogP contribution is -2.35. The zero-order valence-electron chi connectivity index (χ0n) is 12.2. The van der Waals surface area contributed by atoms with Gasteiger partial charge >= 0.3 is 0 Å². The molecular formula is C16H18FN3O2. The number of rotatable bonds is 4. The number of hydrogen-bond acceptors (Lipinski definition) is 5. The lowest BCUT2D eigenvalue weighted by atomic mass is 10.3. The Hall–Kier alpha value is -2.18. The molecule has 5 nitrogen and oxygen atoms in total. The van der Waals surface area contributed by atoms with Gasteiger partial charge in [0.15, 0.2) is 0 Å². The summed E-state index contributed by atoms with van der Waals surface area (Å²) in [5.41, 5.74) is 6.47. The van der Waals surface area contributed by atoms with Gasteiger partial charge in [0.1, 0.15) is 17.3 Å². The number of benzene rings is 1. The van der Waals surface area contributed by atoms with E-state index >= 15 is 0 Å². The van der Waals surface area contributed by atoms with Crippen molar-refractivity contribution in [3.63, 3.8) is 0 Å². The summed E-state index contributed by atoms with van der Waals surface area (Å²) in [6, 6.07) is 8.01. The van der Waals surface area contributed by atoms with E-state index in [1.54, 1.807) is 18.3 Å². The average Bonchev–Trinajstić information content (AvgIpc) is 2.52. The zero-order valence-corrected chi connectivity index (χ0v) is 12.2. The van der Waals surface area contributed by atoms with Crippen LogP contribution in [0.3, 0.4) is 0 Å². The number of pyridine rings is 1. The Morgan fingerprint density at radius 2 is 1.95 bits per heavy atom. The molecule has 0 spiro atoms. The van der Waals surface area contributed by atoms with Crippen LogP contribution in [0.2, 0.25) is 0 Å². The van der Waals surface area contributed by atoms with Crippen LogP contribution in [0.15, 0.2) is 36.5 Å². The van der Waals surface area contributed by atoms with Gasteiger partial charge in [-0.25, -0.2) is 4.39 Å². The lowest BCUT2D eigenvalue weighted by Gasteiger charge is -2.26. The SMILES string of the molecule is Nc1ccc(Oc2ccnc(CN3CCOCC3)c2)cc1F. The van der Waals surface area contributed by atoms with E-state index in [9.17, 15) is 4.39 Å². The summed E-state index contributed by atoms with van der Waals surface area (Å²) in [5.74, 6) is 0.553. The second-order valence-corrected chi connectivity index (χ2v) is 5.16. The van der Waals surface area contributed by atoms with Crippen molar-refractivity contribution in [2.45, 2.75) is 6.54 Å². The minimum Gasteiger partial charge on any atom is -0.457 e. The predicted molar refractivity (Wildman–Crippen MR) is 81.2 cm³/mol. The molecular weight excluding hydrogens is 285 g/mol. The quantitative estimate of drug-likeness (QED) is 0.879. The molecule has 0 saturated carbocycles. The molecule has 0 unspecified atom stereocenters. The van der Waals surface area contributed by atoms with Crippen LogP contribution in [-0.4, -0.2) is 36.2 Å². The Kier molecular flexibility index (Phi) is 4.50. The highest BCUT2D eigenvalue weighted by Gasteiger charge is 2.12. The van der Waals surface area contributed by atoms with Crippen molar-refractivity contribution < 1.29 is 13.9 Å². The molecule has 2 N–H and O–H groups in total. The third-order valence-electron chi connectivity index (χ3n) is 3.48. The van der Waals surface area contributed by atoms with Gasteiger partial charge in [0, 0.05) is 38.0 Å². The minimum atomic E-state index is -0.486. The number of halogens is 1. The average molecular weight is 303 g/mol. The van der Waals surface area contributed by atoms with Crippen molar-refractivity contribution in [1.82, 2.24) is 9.88 Å². The molecule has 0 atom stereocenters. The number of morpholine rings is 1. The maximum absolute atomic E-state index is 13.4. The molecule has 2 heterocycles. The topological polar surface area (TPSA) is 60.6 Å². The van der Waals surface area contributed by atoms with Crippen molar-refractivity contribution in [3.8, 4) is 11.5 Å². The molecule has 1 saturated heterocycles. The molecule has 0 aliphatic carbocycles. The van der Waals surface area contributed by atoms with Gasteiger partial charge in [-0.05, 0) is 18.2 Å². The lowest BCUT2D eigenvalue weighted by molar-refractivity contribution is 0.0336. The largest absolute Gasteiger partial charge is 0.457 e. The Morgan fingerprint density at radius 1 is 1.18 bits per heavy atom. The fourth-order valence-electron chi connectivity index (χ4n) is 2.30. The number of aromatic nitrogens is 1. The molecule has 1 aromatic heterocycles. The monoisotopic (exact) mass is 303 g/mol. The normalized spacial score (nSPS) is 15.7.